The van der Waals surface area contributed by atoms with Gasteiger partial charge in [0.2, 0.25) is 0 Å². The summed E-state index contributed by atoms with van der Waals surface area (Å²) in [6.07, 6.45) is 0.953. The van der Waals surface area contributed by atoms with Crippen LogP contribution >= 0.6 is 0 Å². The first-order chi connectivity index (χ1) is 9.78. The number of carboxylic acids is 1. The molecule has 7 nitrogen and oxygen atoms in total. The molecular weight excluding hydrogens is 305 g/mol. The third-order valence-electron chi connectivity index (χ3n) is 2.21. The van der Waals surface area contributed by atoms with Crippen LogP contribution in [0.3, 0.4) is 0 Å². The van der Waals surface area contributed by atoms with Gasteiger partial charge in [-0.2, -0.15) is 0 Å². The number of carbonyl (C=O) groups is 2. The predicted molar refractivity (Wildman–Crippen MR) is 80.0 cm³/mol. The molecule has 22 heavy (non-hydrogen) atoms. The van der Waals surface area contributed by atoms with Gasteiger partial charge in [0.1, 0.15) is 5.78 Å². The number of carbonyl (C=O) groups excluding carboxylic acids is 2. The van der Waals surface area contributed by atoms with Crippen molar-refractivity contribution in [1.29, 1.82) is 0 Å². The zero-order chi connectivity index (χ0) is 17.3. The number of likely N-dealkylation sites (N-methyl/N-ethyl adjacent to an activating group) is 1. The maximum absolute atomic E-state index is 10.4. The van der Waals surface area contributed by atoms with Crippen LogP contribution in [-0.4, -0.2) is 81.6 Å². The van der Waals surface area contributed by atoms with Crippen molar-refractivity contribution in [3.05, 3.63) is 0 Å². The van der Waals surface area contributed by atoms with Crippen LogP contribution in [0.5, 0.6) is 0 Å². The number of rotatable bonds is 8. The minimum Gasteiger partial charge on any atom is -0.854 e. The molecule has 0 aliphatic rings. The van der Waals surface area contributed by atoms with Crippen molar-refractivity contribution >= 4 is 29.1 Å². The quantitative estimate of drug-likeness (QED) is 0.269. The molecule has 0 saturated carbocycles. The molecule has 0 bridgehead atoms. The first-order valence-corrected chi connectivity index (χ1v) is 6.79. The summed E-state index contributed by atoms with van der Waals surface area (Å²) in [6, 6.07) is 0. The molecule has 0 fully saturated rings. The summed E-state index contributed by atoms with van der Waals surface area (Å²) >= 11 is 0. The summed E-state index contributed by atoms with van der Waals surface area (Å²) in [5, 5.41) is 29.3. The summed E-state index contributed by atoms with van der Waals surface area (Å²) in [6.45, 7) is 4.14. The Balaban J connectivity index is -0.000000112. The number of ketones is 1. The summed E-state index contributed by atoms with van der Waals surface area (Å²) in [5.41, 5.74) is 0. The molecule has 1 atom stereocenters. The number of aliphatic carboxylic acids is 1. The van der Waals surface area contributed by atoms with Crippen LogP contribution in [-0.2, 0) is 14.3 Å². The third kappa shape index (κ3) is 27.8. The third-order valence-corrected chi connectivity index (χ3v) is 2.21. The Morgan fingerprint density at radius 1 is 1.18 bits per heavy atom. The van der Waals surface area contributed by atoms with Crippen molar-refractivity contribution < 1.29 is 29.6 Å². The SMILES string of the molecule is CCC(C(C)=O)C(=O)[O-].CN(C)CC[O-].COCCC[O-].[Al+3]. The molecule has 1 unspecified atom stereocenters. The second-order valence-corrected chi connectivity index (χ2v) is 4.45. The standard InChI is InChI=1S/C6H10O3.C4H10NO.C4H9O2.Al/c1-3-5(4(2)7)6(8)9;1-5(2)3-4-6;1-6-4-2-3-5;/h5H,3H2,1-2H3,(H,8,9);3-4H2,1-2H3;2-4H2,1H3;/q;2*-1;+3/p-1. The van der Waals surface area contributed by atoms with Gasteiger partial charge < -0.3 is 29.8 Å². The molecule has 0 rings (SSSR count). The summed E-state index contributed by atoms with van der Waals surface area (Å²) < 4.78 is 4.58. The maximum Gasteiger partial charge on any atom is 3.00 e. The van der Waals surface area contributed by atoms with Gasteiger partial charge in [-0.25, -0.2) is 0 Å². The van der Waals surface area contributed by atoms with E-state index in [9.17, 15) is 24.9 Å². The summed E-state index contributed by atoms with van der Waals surface area (Å²) in [5.74, 6) is -2.52. The van der Waals surface area contributed by atoms with Crippen LogP contribution in [0.25, 0.3) is 0 Å². The van der Waals surface area contributed by atoms with E-state index in [1.807, 2.05) is 19.0 Å². The number of Topliss-reactive ketones (excluding diaryl/α,β-unsaturated/α-hetero) is 1. The van der Waals surface area contributed by atoms with Crippen LogP contribution in [0.15, 0.2) is 0 Å². The largest absolute Gasteiger partial charge is 3.00 e. The van der Waals surface area contributed by atoms with Gasteiger partial charge in [-0.3, -0.25) is 4.79 Å². The first kappa shape index (κ1) is 29.5. The van der Waals surface area contributed by atoms with Gasteiger partial charge in [-0.1, -0.05) is 6.92 Å². The van der Waals surface area contributed by atoms with E-state index in [0.717, 1.165) is 0 Å². The van der Waals surface area contributed by atoms with Gasteiger partial charge in [0.05, 0.1) is 11.9 Å². The number of hydrogen-bond acceptors (Lipinski definition) is 7. The van der Waals surface area contributed by atoms with Crippen molar-refractivity contribution in [2.24, 2.45) is 5.92 Å². The molecule has 0 amide bonds. The maximum atomic E-state index is 10.4. The molecule has 0 aliphatic heterocycles. The van der Waals surface area contributed by atoms with Crippen molar-refractivity contribution in [3.8, 4) is 0 Å². The normalized spacial score (nSPS) is 10.4. The van der Waals surface area contributed by atoms with Crippen molar-refractivity contribution in [2.75, 3.05) is 47.6 Å². The second-order valence-electron chi connectivity index (χ2n) is 4.45. The molecule has 0 aliphatic carbocycles. The van der Waals surface area contributed by atoms with Gasteiger partial charge in [0, 0.05) is 13.7 Å². The Labute approximate surface area is 144 Å². The number of carboxylic acid groups (broad SMARTS) is 1. The minimum absolute atomic E-state index is 0. The molecule has 0 spiro atoms. The second kappa shape index (κ2) is 22.8. The fourth-order valence-corrected chi connectivity index (χ4v) is 1.01. The monoisotopic (exact) mass is 333 g/mol. The molecule has 0 aromatic carbocycles. The Hall–Kier alpha value is -0.488. The van der Waals surface area contributed by atoms with Gasteiger partial charge in [0.25, 0.3) is 0 Å². The molecule has 128 valence electrons. The molecular formula is C14H28AlNO6. The van der Waals surface area contributed by atoms with E-state index in [4.69, 9.17) is 0 Å². The predicted octanol–water partition coefficient (Wildman–Crippen LogP) is -2.74. The summed E-state index contributed by atoms with van der Waals surface area (Å²) in [7, 11) is 5.37. The zero-order valence-corrected chi connectivity index (χ0v) is 15.4. The van der Waals surface area contributed by atoms with Gasteiger partial charge in [0.15, 0.2) is 0 Å². The minimum atomic E-state index is -1.27. The van der Waals surface area contributed by atoms with Crippen LogP contribution < -0.4 is 15.3 Å². The van der Waals surface area contributed by atoms with E-state index in [1.165, 1.54) is 6.92 Å². The van der Waals surface area contributed by atoms with Crippen LogP contribution in [0.4, 0.5) is 0 Å². The molecule has 0 aromatic heterocycles. The van der Waals surface area contributed by atoms with E-state index in [0.29, 0.717) is 26.0 Å². The fourth-order valence-electron chi connectivity index (χ4n) is 1.01. The van der Waals surface area contributed by atoms with Crippen molar-refractivity contribution in [1.82, 2.24) is 4.90 Å². The molecule has 0 N–H and O–H groups in total. The van der Waals surface area contributed by atoms with E-state index < -0.39 is 11.9 Å². The smallest absolute Gasteiger partial charge is 0.854 e. The molecule has 0 radical (unpaired) electrons. The van der Waals surface area contributed by atoms with Crippen LogP contribution in [0.2, 0.25) is 0 Å². The Bertz CT molecular complexity index is 233. The van der Waals surface area contributed by atoms with E-state index in [1.54, 1.807) is 14.0 Å². The summed E-state index contributed by atoms with van der Waals surface area (Å²) in [4.78, 5) is 22.3. The van der Waals surface area contributed by atoms with E-state index in [-0.39, 0.29) is 36.4 Å². The topological polar surface area (TPSA) is 116 Å². The average molecular weight is 333 g/mol. The Kier molecular flexibility index (Phi) is 30.6. The van der Waals surface area contributed by atoms with Crippen molar-refractivity contribution in [2.45, 2.75) is 26.7 Å². The van der Waals surface area contributed by atoms with Crippen LogP contribution in [0, 0.1) is 5.92 Å². The molecule has 0 heterocycles. The van der Waals surface area contributed by atoms with E-state index >= 15 is 0 Å². The van der Waals surface area contributed by atoms with Crippen LogP contribution in [0.1, 0.15) is 26.7 Å². The van der Waals surface area contributed by atoms with Crippen molar-refractivity contribution in [3.63, 3.8) is 0 Å². The molecule has 8 heteroatoms. The Morgan fingerprint density at radius 3 is 1.73 bits per heavy atom. The molecule has 0 aromatic rings. The number of hydrogen-bond donors (Lipinski definition) is 0. The molecule has 0 saturated heterocycles. The average Bonchev–Trinajstić information content (AvgIpc) is 2.37. The van der Waals surface area contributed by atoms with E-state index in [2.05, 4.69) is 4.74 Å². The number of ether oxygens (including phenoxy) is 1. The Morgan fingerprint density at radius 2 is 1.68 bits per heavy atom. The fraction of sp³-hybridized carbons (Fsp3) is 0.857. The number of methoxy groups -OCH3 is 1. The first-order valence-electron chi connectivity index (χ1n) is 6.79. The van der Waals surface area contributed by atoms with Gasteiger partial charge in [-0.15, -0.1) is 13.2 Å². The van der Waals surface area contributed by atoms with Gasteiger partial charge in [-0.05, 0) is 40.4 Å². The number of nitrogens with zero attached hydrogens (tertiary/aromatic N) is 1. The zero-order valence-electron chi connectivity index (χ0n) is 14.3. The van der Waals surface area contributed by atoms with Gasteiger partial charge >= 0.3 is 17.4 Å².